The van der Waals surface area contributed by atoms with Crippen molar-refractivity contribution in [3.63, 3.8) is 0 Å². The van der Waals surface area contributed by atoms with Crippen molar-refractivity contribution in [1.82, 2.24) is 5.32 Å². The molecule has 0 aliphatic carbocycles. The lowest BCUT2D eigenvalue weighted by Gasteiger charge is -2.28. The molecule has 108 valence electrons. The number of nitrogens with one attached hydrogen (secondary N) is 1. The van der Waals surface area contributed by atoms with E-state index in [1.165, 1.54) is 5.56 Å². The van der Waals surface area contributed by atoms with Crippen molar-refractivity contribution in [2.45, 2.75) is 46.6 Å². The molecule has 0 radical (unpaired) electrons. The van der Waals surface area contributed by atoms with Gasteiger partial charge in [-0.05, 0) is 63.3 Å². The molecule has 0 spiro atoms. The molecule has 0 bridgehead atoms. The lowest BCUT2D eigenvalue weighted by molar-refractivity contribution is 0.312. The largest absolute Gasteiger partial charge is 0.312 e. The van der Waals surface area contributed by atoms with Crippen molar-refractivity contribution in [1.29, 1.82) is 0 Å². The number of hydrogen-bond acceptors (Lipinski definition) is 1. The van der Waals surface area contributed by atoms with Crippen LogP contribution >= 0.6 is 23.2 Å². The molecule has 0 saturated carbocycles. The van der Waals surface area contributed by atoms with E-state index in [1.807, 2.05) is 18.2 Å². The van der Waals surface area contributed by atoms with E-state index in [9.17, 15) is 0 Å². The molecule has 0 saturated heterocycles. The number of benzene rings is 1. The van der Waals surface area contributed by atoms with E-state index in [0.29, 0.717) is 16.9 Å². The van der Waals surface area contributed by atoms with Crippen LogP contribution in [0.1, 0.15) is 40.2 Å². The third kappa shape index (κ3) is 6.16. The van der Waals surface area contributed by atoms with Gasteiger partial charge in [0.15, 0.2) is 0 Å². The van der Waals surface area contributed by atoms with Gasteiger partial charge in [-0.15, -0.1) is 0 Å². The summed E-state index contributed by atoms with van der Waals surface area (Å²) in [5, 5.41) is 5.05. The standard InChI is InChI=1S/C16H25Cl2N/c1-11(2)13(10-19-16(3,4)5)8-12-6-7-14(17)9-15(12)18/h6-7,9,11,13,19H,8,10H2,1-5H3. The van der Waals surface area contributed by atoms with Crippen LogP contribution in [0.2, 0.25) is 10.0 Å². The van der Waals surface area contributed by atoms with Gasteiger partial charge in [0.2, 0.25) is 0 Å². The second kappa shape index (κ2) is 6.97. The Bertz CT molecular complexity index is 408. The molecule has 1 nitrogen and oxygen atoms in total. The molecule has 19 heavy (non-hydrogen) atoms. The van der Waals surface area contributed by atoms with Gasteiger partial charge in [0.1, 0.15) is 0 Å². The topological polar surface area (TPSA) is 12.0 Å². The van der Waals surface area contributed by atoms with E-state index in [2.05, 4.69) is 39.9 Å². The van der Waals surface area contributed by atoms with Crippen LogP contribution in [0, 0.1) is 11.8 Å². The molecule has 1 aromatic rings. The van der Waals surface area contributed by atoms with Gasteiger partial charge in [0, 0.05) is 15.6 Å². The maximum Gasteiger partial charge on any atom is 0.0452 e. The second-order valence-corrected chi connectivity index (χ2v) is 7.42. The molecule has 0 amide bonds. The van der Waals surface area contributed by atoms with E-state index in [-0.39, 0.29) is 5.54 Å². The first kappa shape index (κ1) is 16.8. The summed E-state index contributed by atoms with van der Waals surface area (Å²) in [6.45, 7) is 12.1. The molecule has 0 fully saturated rings. The number of rotatable bonds is 5. The van der Waals surface area contributed by atoms with Crippen LogP contribution in [0.3, 0.4) is 0 Å². The summed E-state index contributed by atoms with van der Waals surface area (Å²) in [4.78, 5) is 0. The average Bonchev–Trinajstić information content (AvgIpc) is 2.24. The van der Waals surface area contributed by atoms with E-state index >= 15 is 0 Å². The number of halogens is 2. The minimum absolute atomic E-state index is 0.150. The molecule has 0 aliphatic rings. The Hall–Kier alpha value is -0.240. The highest BCUT2D eigenvalue weighted by Crippen LogP contribution is 2.26. The average molecular weight is 302 g/mol. The second-order valence-electron chi connectivity index (χ2n) is 6.57. The summed E-state index contributed by atoms with van der Waals surface area (Å²) in [7, 11) is 0. The minimum Gasteiger partial charge on any atom is -0.312 e. The highest BCUT2D eigenvalue weighted by Gasteiger charge is 2.18. The molecular weight excluding hydrogens is 277 g/mol. The first-order valence-electron chi connectivity index (χ1n) is 6.88. The molecule has 1 atom stereocenters. The van der Waals surface area contributed by atoms with Gasteiger partial charge in [-0.1, -0.05) is 43.1 Å². The maximum atomic E-state index is 6.26. The van der Waals surface area contributed by atoms with E-state index in [4.69, 9.17) is 23.2 Å². The lowest BCUT2D eigenvalue weighted by atomic mass is 9.88. The summed E-state index contributed by atoms with van der Waals surface area (Å²) in [5.74, 6) is 1.18. The Kier molecular flexibility index (Phi) is 6.16. The van der Waals surface area contributed by atoms with Crippen molar-refractivity contribution in [3.8, 4) is 0 Å². The maximum absolute atomic E-state index is 6.26. The predicted octanol–water partition coefficient (Wildman–Crippen LogP) is 5.20. The van der Waals surface area contributed by atoms with Crippen molar-refractivity contribution in [2.75, 3.05) is 6.54 Å². The normalized spacial score (nSPS) is 13.9. The molecule has 1 unspecified atom stereocenters. The zero-order valence-corrected chi connectivity index (χ0v) is 14.1. The van der Waals surface area contributed by atoms with Gasteiger partial charge in [-0.3, -0.25) is 0 Å². The molecule has 0 aliphatic heterocycles. The highest BCUT2D eigenvalue weighted by atomic mass is 35.5. The third-order valence-electron chi connectivity index (χ3n) is 3.33. The number of hydrogen-bond donors (Lipinski definition) is 1. The fourth-order valence-corrected chi connectivity index (χ4v) is 2.44. The lowest BCUT2D eigenvalue weighted by Crippen LogP contribution is -2.40. The van der Waals surface area contributed by atoms with Gasteiger partial charge in [0.05, 0.1) is 0 Å². The smallest absolute Gasteiger partial charge is 0.0452 e. The van der Waals surface area contributed by atoms with Crippen molar-refractivity contribution in [3.05, 3.63) is 33.8 Å². The third-order valence-corrected chi connectivity index (χ3v) is 3.92. The van der Waals surface area contributed by atoms with Crippen LogP contribution in [-0.2, 0) is 6.42 Å². The van der Waals surface area contributed by atoms with Crippen molar-refractivity contribution >= 4 is 23.2 Å². The highest BCUT2D eigenvalue weighted by molar-refractivity contribution is 6.35. The monoisotopic (exact) mass is 301 g/mol. The van der Waals surface area contributed by atoms with Crippen molar-refractivity contribution < 1.29 is 0 Å². The molecular formula is C16H25Cl2N. The van der Waals surface area contributed by atoms with Crippen LogP contribution in [0.5, 0.6) is 0 Å². The van der Waals surface area contributed by atoms with Gasteiger partial charge >= 0.3 is 0 Å². The SMILES string of the molecule is CC(C)C(CNC(C)(C)C)Cc1ccc(Cl)cc1Cl. The predicted molar refractivity (Wildman–Crippen MR) is 86.2 cm³/mol. The van der Waals surface area contributed by atoms with Crippen LogP contribution in [0.25, 0.3) is 0 Å². The molecule has 1 rings (SSSR count). The van der Waals surface area contributed by atoms with Crippen LogP contribution in [0.4, 0.5) is 0 Å². The quantitative estimate of drug-likeness (QED) is 0.788. The Morgan fingerprint density at radius 2 is 1.79 bits per heavy atom. The summed E-state index contributed by atoms with van der Waals surface area (Å²) >= 11 is 12.2. The summed E-state index contributed by atoms with van der Waals surface area (Å²) in [6.07, 6.45) is 0.983. The Morgan fingerprint density at radius 1 is 1.16 bits per heavy atom. The van der Waals surface area contributed by atoms with Gasteiger partial charge in [-0.2, -0.15) is 0 Å². The molecule has 1 N–H and O–H groups in total. The summed E-state index contributed by atoms with van der Waals surface area (Å²) in [6, 6.07) is 5.78. The van der Waals surface area contributed by atoms with Crippen molar-refractivity contribution in [2.24, 2.45) is 11.8 Å². The Labute approximate surface area is 127 Å². The van der Waals surface area contributed by atoms with Crippen LogP contribution < -0.4 is 5.32 Å². The first-order chi connectivity index (χ1) is 8.69. The summed E-state index contributed by atoms with van der Waals surface area (Å²) in [5.41, 5.74) is 1.33. The molecule has 3 heteroatoms. The Morgan fingerprint density at radius 3 is 2.26 bits per heavy atom. The zero-order chi connectivity index (χ0) is 14.6. The molecule has 0 heterocycles. The minimum atomic E-state index is 0.150. The van der Waals surface area contributed by atoms with Gasteiger partial charge in [-0.25, -0.2) is 0 Å². The fraction of sp³-hybridized carbons (Fsp3) is 0.625. The molecule has 1 aromatic carbocycles. The van der Waals surface area contributed by atoms with Crippen LogP contribution in [0.15, 0.2) is 18.2 Å². The van der Waals surface area contributed by atoms with Gasteiger partial charge < -0.3 is 5.32 Å². The first-order valence-corrected chi connectivity index (χ1v) is 7.63. The van der Waals surface area contributed by atoms with E-state index in [1.54, 1.807) is 0 Å². The van der Waals surface area contributed by atoms with Gasteiger partial charge in [0.25, 0.3) is 0 Å². The van der Waals surface area contributed by atoms with E-state index in [0.717, 1.165) is 18.0 Å². The zero-order valence-electron chi connectivity index (χ0n) is 12.6. The Balaban J connectivity index is 2.73. The van der Waals surface area contributed by atoms with Crippen LogP contribution in [-0.4, -0.2) is 12.1 Å². The summed E-state index contributed by atoms with van der Waals surface area (Å²) < 4.78 is 0. The molecule has 0 aromatic heterocycles. The van der Waals surface area contributed by atoms with E-state index < -0.39 is 0 Å². The fourth-order valence-electron chi connectivity index (χ4n) is 1.95.